The van der Waals surface area contributed by atoms with E-state index in [-0.39, 0.29) is 11.1 Å². The minimum atomic E-state index is -4.47. The van der Waals surface area contributed by atoms with E-state index in [2.05, 4.69) is 26.1 Å². The summed E-state index contributed by atoms with van der Waals surface area (Å²) in [7, 11) is 0. The first-order valence-electron chi connectivity index (χ1n) is 8.57. The first-order chi connectivity index (χ1) is 12.3. The Balaban J connectivity index is 2.11. The van der Waals surface area contributed by atoms with Crippen LogP contribution in [-0.2, 0) is 16.4 Å². The van der Waals surface area contributed by atoms with E-state index < -0.39 is 23.2 Å². The van der Waals surface area contributed by atoms with Gasteiger partial charge in [0.25, 0.3) is 5.91 Å². The van der Waals surface area contributed by atoms with E-state index in [0.29, 0.717) is 5.75 Å². The molecule has 0 fully saturated rings. The van der Waals surface area contributed by atoms with Crippen LogP contribution in [0.2, 0.25) is 0 Å². The minimum absolute atomic E-state index is 0.00504. The molecular formula is C21H24F3NO2. The fraction of sp³-hybridized carbons (Fsp3) is 0.381. The lowest BCUT2D eigenvalue weighted by molar-refractivity contribution is -0.137. The SMILES string of the molecule is CC(C)(Oc1ccc(C(C)(C)C)cc1)C(=O)Nc1cccc(C(F)(F)F)c1. The lowest BCUT2D eigenvalue weighted by Gasteiger charge is -2.26. The number of ether oxygens (including phenoxy) is 1. The van der Waals surface area contributed by atoms with Crippen molar-refractivity contribution in [1.29, 1.82) is 0 Å². The molecule has 3 nitrogen and oxygen atoms in total. The molecule has 0 heterocycles. The number of benzene rings is 2. The Kier molecular flexibility index (Phi) is 5.59. The van der Waals surface area contributed by atoms with Gasteiger partial charge in [-0.15, -0.1) is 0 Å². The van der Waals surface area contributed by atoms with Gasteiger partial charge in [-0.3, -0.25) is 4.79 Å². The Labute approximate surface area is 157 Å². The van der Waals surface area contributed by atoms with E-state index in [4.69, 9.17) is 4.74 Å². The monoisotopic (exact) mass is 379 g/mol. The maximum atomic E-state index is 12.8. The summed E-state index contributed by atoms with van der Waals surface area (Å²) in [5.41, 5.74) is -0.903. The van der Waals surface area contributed by atoms with Crippen LogP contribution in [0.5, 0.6) is 5.75 Å². The van der Waals surface area contributed by atoms with Crippen LogP contribution in [0, 0.1) is 0 Å². The Hall–Kier alpha value is -2.50. The third-order valence-corrected chi connectivity index (χ3v) is 4.09. The van der Waals surface area contributed by atoms with Crippen molar-refractivity contribution in [2.75, 3.05) is 5.32 Å². The summed E-state index contributed by atoms with van der Waals surface area (Å²) in [6.45, 7) is 9.40. The summed E-state index contributed by atoms with van der Waals surface area (Å²) in [5.74, 6) is -0.0334. The second kappa shape index (κ2) is 7.25. The highest BCUT2D eigenvalue weighted by molar-refractivity contribution is 5.97. The van der Waals surface area contributed by atoms with Crippen molar-refractivity contribution in [2.24, 2.45) is 0 Å². The van der Waals surface area contributed by atoms with Gasteiger partial charge in [-0.25, -0.2) is 0 Å². The van der Waals surface area contributed by atoms with Crippen LogP contribution in [0.3, 0.4) is 0 Å². The minimum Gasteiger partial charge on any atom is -0.478 e. The third kappa shape index (κ3) is 5.49. The van der Waals surface area contributed by atoms with Crippen molar-refractivity contribution < 1.29 is 22.7 Å². The Morgan fingerprint density at radius 3 is 2.00 bits per heavy atom. The molecule has 0 aliphatic carbocycles. The second-order valence-corrected chi connectivity index (χ2v) is 7.92. The summed E-state index contributed by atoms with van der Waals surface area (Å²) >= 11 is 0. The predicted octanol–water partition coefficient (Wildman–Crippen LogP) is 5.80. The van der Waals surface area contributed by atoms with Crippen LogP contribution in [0.15, 0.2) is 48.5 Å². The number of anilines is 1. The number of amides is 1. The highest BCUT2D eigenvalue weighted by Crippen LogP contribution is 2.31. The molecule has 2 aromatic rings. The van der Waals surface area contributed by atoms with Crippen molar-refractivity contribution in [3.05, 3.63) is 59.7 Å². The summed E-state index contributed by atoms with van der Waals surface area (Å²) < 4.78 is 44.2. The topological polar surface area (TPSA) is 38.3 Å². The molecule has 0 saturated heterocycles. The largest absolute Gasteiger partial charge is 0.478 e. The zero-order chi connectivity index (χ0) is 20.5. The first-order valence-corrected chi connectivity index (χ1v) is 8.57. The normalized spacial score (nSPS) is 12.6. The molecule has 0 atom stereocenters. The molecule has 1 N–H and O–H groups in total. The van der Waals surface area contributed by atoms with Gasteiger partial charge in [-0.05, 0) is 55.2 Å². The third-order valence-electron chi connectivity index (χ3n) is 4.09. The average molecular weight is 379 g/mol. The van der Waals surface area contributed by atoms with Crippen LogP contribution in [0.1, 0.15) is 45.7 Å². The smallest absolute Gasteiger partial charge is 0.416 e. The number of nitrogens with one attached hydrogen (secondary N) is 1. The highest BCUT2D eigenvalue weighted by Gasteiger charge is 2.32. The molecule has 1 amide bonds. The van der Waals surface area contributed by atoms with E-state index in [0.717, 1.165) is 17.7 Å². The maximum Gasteiger partial charge on any atom is 0.416 e. The van der Waals surface area contributed by atoms with Gasteiger partial charge in [0.1, 0.15) is 5.75 Å². The number of rotatable bonds is 4. The fourth-order valence-electron chi connectivity index (χ4n) is 2.42. The summed E-state index contributed by atoms with van der Waals surface area (Å²) in [6, 6.07) is 11.9. The number of hydrogen-bond donors (Lipinski definition) is 1. The number of alkyl halides is 3. The van der Waals surface area contributed by atoms with Crippen molar-refractivity contribution >= 4 is 11.6 Å². The molecule has 0 saturated carbocycles. The second-order valence-electron chi connectivity index (χ2n) is 7.92. The predicted molar refractivity (Wildman–Crippen MR) is 99.9 cm³/mol. The molecule has 0 spiro atoms. The maximum absolute atomic E-state index is 12.8. The zero-order valence-electron chi connectivity index (χ0n) is 16.1. The van der Waals surface area contributed by atoms with E-state index >= 15 is 0 Å². The van der Waals surface area contributed by atoms with Gasteiger partial charge in [0.2, 0.25) is 0 Å². The number of hydrogen-bond acceptors (Lipinski definition) is 2. The first kappa shape index (κ1) is 20.8. The Morgan fingerprint density at radius 1 is 0.889 bits per heavy atom. The Morgan fingerprint density at radius 2 is 1.48 bits per heavy atom. The van der Waals surface area contributed by atoms with E-state index in [9.17, 15) is 18.0 Å². The molecule has 0 radical (unpaired) electrons. The quantitative estimate of drug-likeness (QED) is 0.729. The number of carbonyl (C=O) groups excluding carboxylic acids is 1. The summed E-state index contributed by atoms with van der Waals surface area (Å²) in [4.78, 5) is 12.5. The van der Waals surface area contributed by atoms with Crippen molar-refractivity contribution in [3.63, 3.8) is 0 Å². The molecule has 0 aliphatic rings. The number of halogens is 3. The van der Waals surface area contributed by atoms with Gasteiger partial charge in [-0.2, -0.15) is 13.2 Å². The molecular weight excluding hydrogens is 355 g/mol. The van der Waals surface area contributed by atoms with E-state index in [1.807, 2.05) is 12.1 Å². The molecule has 0 unspecified atom stereocenters. The van der Waals surface area contributed by atoms with Gasteiger partial charge < -0.3 is 10.1 Å². The molecule has 0 aliphatic heterocycles. The van der Waals surface area contributed by atoms with Gasteiger partial charge in [-0.1, -0.05) is 39.0 Å². The summed E-state index contributed by atoms with van der Waals surface area (Å²) in [6.07, 6.45) is -4.47. The Bertz CT molecular complexity index is 803. The molecule has 0 bridgehead atoms. The van der Waals surface area contributed by atoms with Gasteiger partial charge in [0, 0.05) is 5.69 Å². The lowest BCUT2D eigenvalue weighted by Crippen LogP contribution is -2.42. The van der Waals surface area contributed by atoms with Crippen LogP contribution in [-0.4, -0.2) is 11.5 Å². The van der Waals surface area contributed by atoms with E-state index in [1.165, 1.54) is 12.1 Å². The number of carbonyl (C=O) groups is 1. The van der Waals surface area contributed by atoms with E-state index in [1.54, 1.807) is 26.0 Å². The molecule has 146 valence electrons. The van der Waals surface area contributed by atoms with Gasteiger partial charge >= 0.3 is 6.18 Å². The lowest BCUT2D eigenvalue weighted by atomic mass is 9.87. The molecule has 2 aromatic carbocycles. The average Bonchev–Trinajstić information content (AvgIpc) is 2.53. The van der Waals surface area contributed by atoms with Crippen molar-refractivity contribution in [2.45, 2.75) is 51.8 Å². The van der Waals surface area contributed by atoms with Gasteiger partial charge in [0.05, 0.1) is 5.56 Å². The van der Waals surface area contributed by atoms with Crippen LogP contribution in [0.4, 0.5) is 18.9 Å². The highest BCUT2D eigenvalue weighted by atomic mass is 19.4. The van der Waals surface area contributed by atoms with Crippen molar-refractivity contribution in [3.8, 4) is 5.75 Å². The molecule has 2 rings (SSSR count). The van der Waals surface area contributed by atoms with Gasteiger partial charge in [0.15, 0.2) is 5.60 Å². The van der Waals surface area contributed by atoms with Crippen LogP contribution < -0.4 is 10.1 Å². The van der Waals surface area contributed by atoms with Crippen LogP contribution >= 0.6 is 0 Å². The standard InChI is InChI=1S/C21H24F3NO2/c1-19(2,3)14-9-11-17(12-10-14)27-20(4,5)18(26)25-16-8-6-7-15(13-16)21(22,23)24/h6-13H,1-5H3,(H,25,26). The molecule has 27 heavy (non-hydrogen) atoms. The van der Waals surface area contributed by atoms with Crippen LogP contribution in [0.25, 0.3) is 0 Å². The van der Waals surface area contributed by atoms with Crippen molar-refractivity contribution in [1.82, 2.24) is 0 Å². The molecule has 0 aromatic heterocycles. The fourth-order valence-corrected chi connectivity index (χ4v) is 2.42. The zero-order valence-corrected chi connectivity index (χ0v) is 16.1. The molecule has 6 heteroatoms. The summed E-state index contributed by atoms with van der Waals surface area (Å²) in [5, 5.41) is 2.49.